The predicted molar refractivity (Wildman–Crippen MR) is 93.6 cm³/mol. The van der Waals surface area contributed by atoms with Crippen LogP contribution in [0.15, 0.2) is 48.8 Å². The number of alkyl halides is 3. The first-order chi connectivity index (χ1) is 12.9. The van der Waals surface area contributed by atoms with E-state index >= 15 is 0 Å². The van der Waals surface area contributed by atoms with Crippen LogP contribution in [0.4, 0.5) is 13.2 Å². The SMILES string of the molecule is CCOC(=O)[C@@H]1C[C@H]1c1cn(-c2ccc(C(F)(F)F)cc2)c2cccnc12. The lowest BCUT2D eigenvalue weighted by Gasteiger charge is -2.09. The summed E-state index contributed by atoms with van der Waals surface area (Å²) < 4.78 is 45.4. The van der Waals surface area contributed by atoms with Gasteiger partial charge >= 0.3 is 12.1 Å². The van der Waals surface area contributed by atoms with Crippen molar-refractivity contribution in [1.29, 1.82) is 0 Å². The molecule has 0 unspecified atom stereocenters. The predicted octanol–water partition coefficient (Wildman–Crippen LogP) is 4.71. The fraction of sp³-hybridized carbons (Fsp3) is 0.300. The standard InChI is InChI=1S/C20H17F3N2O2/c1-2-27-19(26)15-10-14(15)16-11-25(17-4-3-9-24-18(16)17)13-7-5-12(6-8-13)20(21,22)23/h3-9,11,14-15H,2,10H2,1H3/t14-,15-/m1/s1. The van der Waals surface area contributed by atoms with Gasteiger partial charge in [-0.25, -0.2) is 0 Å². The highest BCUT2D eigenvalue weighted by molar-refractivity contribution is 5.85. The largest absolute Gasteiger partial charge is 0.466 e. The van der Waals surface area contributed by atoms with Gasteiger partial charge in [-0.15, -0.1) is 0 Å². The van der Waals surface area contributed by atoms with Gasteiger partial charge in [0.2, 0.25) is 0 Å². The molecule has 0 bridgehead atoms. The summed E-state index contributed by atoms with van der Waals surface area (Å²) in [4.78, 5) is 16.4. The van der Waals surface area contributed by atoms with Crippen molar-refractivity contribution in [2.45, 2.75) is 25.4 Å². The zero-order valence-electron chi connectivity index (χ0n) is 14.5. The molecule has 4 nitrogen and oxygen atoms in total. The van der Waals surface area contributed by atoms with Crippen LogP contribution in [0.3, 0.4) is 0 Å². The van der Waals surface area contributed by atoms with E-state index in [1.807, 2.05) is 16.8 Å². The zero-order valence-corrected chi connectivity index (χ0v) is 14.5. The fourth-order valence-corrected chi connectivity index (χ4v) is 3.43. The number of nitrogens with zero attached hydrogens (tertiary/aromatic N) is 2. The van der Waals surface area contributed by atoms with Gasteiger partial charge in [0.1, 0.15) is 0 Å². The minimum absolute atomic E-state index is 0.0251. The van der Waals surface area contributed by atoms with Gasteiger partial charge in [-0.2, -0.15) is 13.2 Å². The topological polar surface area (TPSA) is 44.1 Å². The Morgan fingerprint density at radius 2 is 2.00 bits per heavy atom. The second kappa shape index (κ2) is 6.40. The molecule has 2 heterocycles. The third-order valence-electron chi connectivity index (χ3n) is 4.84. The van der Waals surface area contributed by atoms with Crippen LogP contribution >= 0.6 is 0 Å². The Hall–Kier alpha value is -2.83. The van der Waals surface area contributed by atoms with Crippen LogP contribution in [-0.4, -0.2) is 22.1 Å². The molecule has 4 rings (SSSR count). The lowest BCUT2D eigenvalue weighted by atomic mass is 10.1. The molecule has 0 amide bonds. The number of carbonyl (C=O) groups excluding carboxylic acids is 1. The van der Waals surface area contributed by atoms with E-state index in [2.05, 4.69) is 4.98 Å². The van der Waals surface area contributed by atoms with Gasteiger partial charge in [0.05, 0.1) is 29.1 Å². The Balaban J connectivity index is 1.72. The Morgan fingerprint density at radius 1 is 1.26 bits per heavy atom. The Kier molecular flexibility index (Phi) is 4.17. The molecule has 0 N–H and O–H groups in total. The normalized spacial score (nSPS) is 19.3. The van der Waals surface area contributed by atoms with Crippen molar-refractivity contribution in [1.82, 2.24) is 9.55 Å². The summed E-state index contributed by atoms with van der Waals surface area (Å²) in [7, 11) is 0. The molecule has 0 spiro atoms. The maximum Gasteiger partial charge on any atom is 0.416 e. The first kappa shape index (κ1) is 17.6. The van der Waals surface area contributed by atoms with Crippen molar-refractivity contribution in [3.8, 4) is 5.69 Å². The molecule has 0 saturated heterocycles. The Labute approximate surface area is 153 Å². The number of hydrogen-bond acceptors (Lipinski definition) is 3. The second-order valence-electron chi connectivity index (χ2n) is 6.57. The molecule has 1 aliphatic rings. The van der Waals surface area contributed by atoms with Gasteiger partial charge in [-0.1, -0.05) is 0 Å². The summed E-state index contributed by atoms with van der Waals surface area (Å²) >= 11 is 0. The van der Waals surface area contributed by atoms with Crippen LogP contribution in [-0.2, 0) is 15.7 Å². The molecule has 2 atom stereocenters. The highest BCUT2D eigenvalue weighted by Gasteiger charge is 2.46. The van der Waals surface area contributed by atoms with Crippen LogP contribution in [0.2, 0.25) is 0 Å². The van der Waals surface area contributed by atoms with E-state index < -0.39 is 11.7 Å². The first-order valence-electron chi connectivity index (χ1n) is 8.70. The minimum atomic E-state index is -4.37. The quantitative estimate of drug-likeness (QED) is 0.621. The maximum absolute atomic E-state index is 12.8. The third-order valence-corrected chi connectivity index (χ3v) is 4.84. The van der Waals surface area contributed by atoms with Gasteiger partial charge in [-0.3, -0.25) is 9.78 Å². The van der Waals surface area contributed by atoms with Crippen LogP contribution in [0.25, 0.3) is 16.7 Å². The molecule has 1 aliphatic carbocycles. The first-order valence-corrected chi connectivity index (χ1v) is 8.70. The molecule has 0 aliphatic heterocycles. The van der Waals surface area contributed by atoms with Crippen LogP contribution in [0, 0.1) is 5.92 Å². The molecule has 27 heavy (non-hydrogen) atoms. The molecule has 1 fully saturated rings. The van der Waals surface area contributed by atoms with Gasteiger partial charge in [-0.05, 0) is 49.7 Å². The maximum atomic E-state index is 12.8. The van der Waals surface area contributed by atoms with Crippen LogP contribution in [0.1, 0.15) is 30.4 Å². The Morgan fingerprint density at radius 3 is 2.67 bits per heavy atom. The number of ether oxygens (including phenoxy) is 1. The van der Waals surface area contributed by atoms with Gasteiger partial charge in [0, 0.05) is 29.6 Å². The van der Waals surface area contributed by atoms with Gasteiger partial charge < -0.3 is 9.30 Å². The number of fused-ring (bicyclic) bond motifs is 1. The highest BCUT2D eigenvalue weighted by atomic mass is 19.4. The molecule has 7 heteroatoms. The van der Waals surface area contributed by atoms with E-state index in [-0.39, 0.29) is 17.8 Å². The number of halogens is 3. The lowest BCUT2D eigenvalue weighted by Crippen LogP contribution is -2.07. The molecule has 0 radical (unpaired) electrons. The van der Waals surface area contributed by atoms with Crippen LogP contribution < -0.4 is 0 Å². The summed E-state index contributed by atoms with van der Waals surface area (Å²) in [6.07, 6.45) is -0.138. The van der Waals surface area contributed by atoms with Crippen molar-refractivity contribution >= 4 is 17.0 Å². The van der Waals surface area contributed by atoms with E-state index in [9.17, 15) is 18.0 Å². The highest BCUT2D eigenvalue weighted by Crippen LogP contribution is 2.50. The molecule has 1 aromatic carbocycles. The van der Waals surface area contributed by atoms with Crippen molar-refractivity contribution in [3.05, 3.63) is 59.9 Å². The number of rotatable bonds is 4. The molecular weight excluding hydrogens is 357 g/mol. The average molecular weight is 374 g/mol. The molecule has 140 valence electrons. The second-order valence-corrected chi connectivity index (χ2v) is 6.57. The van der Waals surface area contributed by atoms with E-state index in [0.717, 1.165) is 28.7 Å². The zero-order chi connectivity index (χ0) is 19.2. The lowest BCUT2D eigenvalue weighted by molar-refractivity contribution is -0.144. The summed E-state index contributed by atoms with van der Waals surface area (Å²) in [6, 6.07) is 8.66. The third kappa shape index (κ3) is 3.18. The van der Waals surface area contributed by atoms with E-state index in [1.165, 1.54) is 12.1 Å². The van der Waals surface area contributed by atoms with E-state index in [0.29, 0.717) is 18.7 Å². The van der Waals surface area contributed by atoms with Crippen molar-refractivity contribution in [3.63, 3.8) is 0 Å². The summed E-state index contributed by atoms with van der Waals surface area (Å²) in [5.41, 5.74) is 2.39. The smallest absolute Gasteiger partial charge is 0.416 e. The number of carbonyl (C=O) groups is 1. The van der Waals surface area contributed by atoms with Gasteiger partial charge in [0.25, 0.3) is 0 Å². The van der Waals surface area contributed by atoms with Crippen LogP contribution in [0.5, 0.6) is 0 Å². The minimum Gasteiger partial charge on any atom is -0.466 e. The number of esters is 1. The van der Waals surface area contributed by atoms with E-state index in [4.69, 9.17) is 4.74 Å². The molecule has 2 aromatic heterocycles. The van der Waals surface area contributed by atoms with Crippen molar-refractivity contribution in [2.24, 2.45) is 5.92 Å². The number of hydrogen-bond donors (Lipinski definition) is 0. The fourth-order valence-electron chi connectivity index (χ4n) is 3.43. The van der Waals surface area contributed by atoms with Gasteiger partial charge in [0.15, 0.2) is 0 Å². The summed E-state index contributed by atoms with van der Waals surface area (Å²) in [6.45, 7) is 2.11. The summed E-state index contributed by atoms with van der Waals surface area (Å²) in [5.74, 6) is -0.371. The van der Waals surface area contributed by atoms with Crippen molar-refractivity contribution in [2.75, 3.05) is 6.61 Å². The monoisotopic (exact) mass is 374 g/mol. The number of benzene rings is 1. The molecule has 1 saturated carbocycles. The number of aromatic nitrogens is 2. The molecule has 3 aromatic rings. The van der Waals surface area contributed by atoms with Crippen molar-refractivity contribution < 1.29 is 22.7 Å². The molecular formula is C20H17F3N2O2. The average Bonchev–Trinajstić information content (AvgIpc) is 3.35. The Bertz CT molecular complexity index is 993. The number of pyridine rings is 1. The van der Waals surface area contributed by atoms with E-state index in [1.54, 1.807) is 19.2 Å². The summed E-state index contributed by atoms with van der Waals surface area (Å²) in [5, 5.41) is 0.